The van der Waals surface area contributed by atoms with Crippen molar-refractivity contribution in [1.82, 2.24) is 15.3 Å². The van der Waals surface area contributed by atoms with Crippen LogP contribution >= 0.6 is 0 Å². The van der Waals surface area contributed by atoms with Crippen LogP contribution in [0.2, 0.25) is 0 Å². The molecule has 4 heteroatoms. The Morgan fingerprint density at radius 3 is 2.89 bits per heavy atom. The lowest BCUT2D eigenvalue weighted by molar-refractivity contribution is 0.547. The summed E-state index contributed by atoms with van der Waals surface area (Å²) in [6.45, 7) is 10.4. The van der Waals surface area contributed by atoms with E-state index in [-0.39, 0.29) is 0 Å². The maximum Gasteiger partial charge on any atom is 0.147 e. The van der Waals surface area contributed by atoms with E-state index in [9.17, 15) is 0 Å². The van der Waals surface area contributed by atoms with E-state index in [1.807, 2.05) is 12.4 Å². The summed E-state index contributed by atoms with van der Waals surface area (Å²) in [7, 11) is 0. The highest BCUT2D eigenvalue weighted by Gasteiger charge is 2.12. The molecule has 0 aromatic carbocycles. The Balaban J connectivity index is 1.95. The number of hydrogen-bond donors (Lipinski definition) is 1. The second kappa shape index (κ2) is 6.66. The molecule has 1 aliphatic heterocycles. The molecule has 0 radical (unpaired) electrons. The van der Waals surface area contributed by atoms with Gasteiger partial charge in [-0.3, -0.25) is 4.98 Å². The van der Waals surface area contributed by atoms with Crippen molar-refractivity contribution in [2.75, 3.05) is 24.5 Å². The quantitative estimate of drug-likeness (QED) is 0.825. The lowest BCUT2D eigenvalue weighted by atomic mass is 10.1. The highest BCUT2D eigenvalue weighted by atomic mass is 15.2. The Bertz CT molecular complexity index is 440. The fraction of sp³-hybridized carbons (Fsp3) is 0.600. The van der Waals surface area contributed by atoms with Crippen LogP contribution in [0.1, 0.15) is 32.9 Å². The Hall–Kier alpha value is -1.42. The lowest BCUT2D eigenvalue weighted by Gasteiger charge is -2.26. The molecule has 0 unspecified atom stereocenters. The first-order chi connectivity index (χ1) is 9.15. The van der Waals surface area contributed by atoms with E-state index in [1.54, 1.807) is 0 Å². The zero-order valence-electron chi connectivity index (χ0n) is 12.2. The summed E-state index contributed by atoms with van der Waals surface area (Å²) < 4.78 is 0. The van der Waals surface area contributed by atoms with Crippen LogP contribution in [0.5, 0.6) is 0 Å². The van der Waals surface area contributed by atoms with Crippen molar-refractivity contribution in [1.29, 1.82) is 0 Å². The van der Waals surface area contributed by atoms with Gasteiger partial charge in [-0.2, -0.15) is 0 Å². The van der Waals surface area contributed by atoms with Crippen molar-refractivity contribution in [3.05, 3.63) is 29.7 Å². The van der Waals surface area contributed by atoms with Crippen LogP contribution in [-0.4, -0.2) is 29.6 Å². The highest BCUT2D eigenvalue weighted by molar-refractivity contribution is 5.39. The normalized spacial score (nSPS) is 15.8. The number of rotatable bonds is 5. The molecular formula is C15H24N4. The Morgan fingerprint density at radius 2 is 2.21 bits per heavy atom. The molecule has 19 heavy (non-hydrogen) atoms. The fourth-order valence-corrected chi connectivity index (χ4v) is 2.10. The smallest absolute Gasteiger partial charge is 0.147 e. The number of hydrogen-bond acceptors (Lipinski definition) is 4. The van der Waals surface area contributed by atoms with Gasteiger partial charge in [-0.25, -0.2) is 4.98 Å². The summed E-state index contributed by atoms with van der Waals surface area (Å²) in [5.41, 5.74) is 2.49. The maximum absolute atomic E-state index is 4.69. The van der Waals surface area contributed by atoms with Gasteiger partial charge in [0.2, 0.25) is 0 Å². The molecule has 1 aromatic rings. The van der Waals surface area contributed by atoms with Crippen LogP contribution in [0.25, 0.3) is 0 Å². The summed E-state index contributed by atoms with van der Waals surface area (Å²) in [5, 5.41) is 3.41. The molecule has 0 aliphatic carbocycles. The minimum atomic E-state index is 0.659. The predicted octanol–water partition coefficient (Wildman–Crippen LogP) is 2.38. The van der Waals surface area contributed by atoms with Crippen molar-refractivity contribution in [2.45, 2.75) is 33.7 Å². The van der Waals surface area contributed by atoms with Crippen molar-refractivity contribution in [3.8, 4) is 0 Å². The Labute approximate surface area is 115 Å². The average Bonchev–Trinajstić information content (AvgIpc) is 2.39. The number of anilines is 1. The van der Waals surface area contributed by atoms with Gasteiger partial charge in [-0.1, -0.05) is 25.5 Å². The first-order valence-corrected chi connectivity index (χ1v) is 7.07. The van der Waals surface area contributed by atoms with E-state index in [0.717, 1.165) is 44.1 Å². The Morgan fingerprint density at radius 1 is 1.37 bits per heavy atom. The van der Waals surface area contributed by atoms with Gasteiger partial charge in [0, 0.05) is 25.8 Å². The van der Waals surface area contributed by atoms with Crippen molar-refractivity contribution in [3.63, 3.8) is 0 Å². The third-order valence-electron chi connectivity index (χ3n) is 3.29. The fourth-order valence-electron chi connectivity index (χ4n) is 2.10. The van der Waals surface area contributed by atoms with E-state index in [1.165, 1.54) is 5.57 Å². The van der Waals surface area contributed by atoms with E-state index < -0.39 is 0 Å². The minimum Gasteiger partial charge on any atom is -0.351 e. The van der Waals surface area contributed by atoms with Gasteiger partial charge in [-0.05, 0) is 25.8 Å². The summed E-state index contributed by atoms with van der Waals surface area (Å²) >= 11 is 0. The molecule has 2 rings (SSSR count). The molecule has 4 nitrogen and oxygen atoms in total. The van der Waals surface area contributed by atoms with Crippen LogP contribution in [0, 0.1) is 5.92 Å². The number of nitrogens with one attached hydrogen (secondary N) is 1. The van der Waals surface area contributed by atoms with Gasteiger partial charge in [0.1, 0.15) is 5.82 Å². The zero-order chi connectivity index (χ0) is 13.7. The molecule has 0 spiro atoms. The topological polar surface area (TPSA) is 41.1 Å². The zero-order valence-corrected chi connectivity index (χ0v) is 12.2. The average molecular weight is 260 g/mol. The molecular weight excluding hydrogens is 236 g/mol. The van der Waals surface area contributed by atoms with Gasteiger partial charge in [0.15, 0.2) is 0 Å². The molecule has 1 aromatic heterocycles. The predicted molar refractivity (Wildman–Crippen MR) is 79.2 cm³/mol. The van der Waals surface area contributed by atoms with Gasteiger partial charge >= 0.3 is 0 Å². The molecule has 104 valence electrons. The third-order valence-corrected chi connectivity index (χ3v) is 3.29. The molecule has 0 atom stereocenters. The molecule has 2 heterocycles. The molecule has 0 saturated heterocycles. The summed E-state index contributed by atoms with van der Waals surface area (Å²) in [4.78, 5) is 11.3. The van der Waals surface area contributed by atoms with E-state index in [0.29, 0.717) is 5.92 Å². The standard InChI is InChI=1S/C15H24N4/c1-12(2)8-16-9-14-10-17-11-15(18-14)19-6-4-13(3)5-7-19/h4,10-12,16H,5-9H2,1-3H3. The van der Waals surface area contributed by atoms with Crippen LogP contribution in [-0.2, 0) is 6.54 Å². The summed E-state index contributed by atoms with van der Waals surface area (Å²) in [5.74, 6) is 1.65. The van der Waals surface area contributed by atoms with E-state index in [2.05, 4.69) is 47.0 Å². The van der Waals surface area contributed by atoms with Crippen LogP contribution in [0.3, 0.4) is 0 Å². The first kappa shape index (κ1) is 14.0. The van der Waals surface area contributed by atoms with Gasteiger partial charge < -0.3 is 10.2 Å². The molecule has 1 aliphatic rings. The molecule has 0 fully saturated rings. The van der Waals surface area contributed by atoms with Crippen LogP contribution < -0.4 is 10.2 Å². The third kappa shape index (κ3) is 4.31. The SMILES string of the molecule is CC1=CCN(c2cncc(CNCC(C)C)n2)CC1. The second-order valence-corrected chi connectivity index (χ2v) is 5.64. The molecule has 0 saturated carbocycles. The first-order valence-electron chi connectivity index (χ1n) is 7.07. The van der Waals surface area contributed by atoms with Gasteiger partial charge in [-0.15, -0.1) is 0 Å². The van der Waals surface area contributed by atoms with E-state index in [4.69, 9.17) is 0 Å². The Kier molecular flexibility index (Phi) is 4.91. The minimum absolute atomic E-state index is 0.659. The van der Waals surface area contributed by atoms with Gasteiger partial charge in [0.05, 0.1) is 11.9 Å². The van der Waals surface area contributed by atoms with Crippen LogP contribution in [0.15, 0.2) is 24.0 Å². The summed E-state index contributed by atoms with van der Waals surface area (Å²) in [6, 6.07) is 0. The van der Waals surface area contributed by atoms with E-state index >= 15 is 0 Å². The maximum atomic E-state index is 4.69. The van der Waals surface area contributed by atoms with Crippen molar-refractivity contribution < 1.29 is 0 Å². The molecule has 0 amide bonds. The monoisotopic (exact) mass is 260 g/mol. The summed E-state index contributed by atoms with van der Waals surface area (Å²) in [6.07, 6.45) is 7.11. The largest absolute Gasteiger partial charge is 0.351 e. The lowest BCUT2D eigenvalue weighted by Crippen LogP contribution is -2.29. The highest BCUT2D eigenvalue weighted by Crippen LogP contribution is 2.16. The molecule has 1 N–H and O–H groups in total. The van der Waals surface area contributed by atoms with Crippen LogP contribution in [0.4, 0.5) is 5.82 Å². The van der Waals surface area contributed by atoms with Crippen molar-refractivity contribution in [2.24, 2.45) is 5.92 Å². The van der Waals surface area contributed by atoms with Crippen molar-refractivity contribution >= 4 is 5.82 Å². The number of nitrogens with zero attached hydrogens (tertiary/aromatic N) is 3. The molecule has 0 bridgehead atoms. The second-order valence-electron chi connectivity index (χ2n) is 5.64. The van der Waals surface area contributed by atoms with Gasteiger partial charge in [0.25, 0.3) is 0 Å². The number of aromatic nitrogens is 2.